The Kier molecular flexibility index (Phi) is 7.74. The van der Waals surface area contributed by atoms with Crippen LogP contribution in [0.25, 0.3) is 11.4 Å². The van der Waals surface area contributed by atoms with Crippen molar-refractivity contribution in [2.24, 2.45) is 5.92 Å². The van der Waals surface area contributed by atoms with Crippen LogP contribution in [0.5, 0.6) is 0 Å². The number of urea groups is 1. The number of ether oxygens (including phenoxy) is 1. The average Bonchev–Trinajstić information content (AvgIpc) is 3.32. The van der Waals surface area contributed by atoms with Gasteiger partial charge in [-0.05, 0) is 35.7 Å². The van der Waals surface area contributed by atoms with Crippen molar-refractivity contribution in [3.8, 4) is 11.4 Å². The van der Waals surface area contributed by atoms with Crippen molar-refractivity contribution in [1.29, 1.82) is 0 Å². The molecule has 1 atom stereocenters. The molecule has 0 aliphatic heterocycles. The van der Waals surface area contributed by atoms with Crippen LogP contribution in [0.15, 0.2) is 59.1 Å². The Morgan fingerprint density at radius 1 is 1.03 bits per heavy atom. The molecule has 0 saturated heterocycles. The Bertz CT molecular complexity index is 1100. The molecule has 1 heterocycles. The number of methoxy groups -OCH3 is 1. The van der Waals surface area contributed by atoms with Gasteiger partial charge in [-0.15, -0.1) is 0 Å². The lowest BCUT2D eigenvalue weighted by molar-refractivity contribution is -0.144. The van der Waals surface area contributed by atoms with Crippen molar-refractivity contribution >= 4 is 23.6 Å². The van der Waals surface area contributed by atoms with E-state index in [-0.39, 0.29) is 23.7 Å². The van der Waals surface area contributed by atoms with Gasteiger partial charge in [0.25, 0.3) is 0 Å². The van der Waals surface area contributed by atoms with Gasteiger partial charge in [0.1, 0.15) is 6.04 Å². The largest absolute Gasteiger partial charge is 0.467 e. The van der Waals surface area contributed by atoms with Gasteiger partial charge < -0.3 is 25.2 Å². The fourth-order valence-corrected chi connectivity index (χ4v) is 2.92. The van der Waals surface area contributed by atoms with Crippen LogP contribution in [0.1, 0.15) is 30.1 Å². The molecule has 0 bridgehead atoms. The van der Waals surface area contributed by atoms with Crippen LogP contribution in [0.4, 0.5) is 10.5 Å². The van der Waals surface area contributed by atoms with Gasteiger partial charge in [-0.3, -0.25) is 4.79 Å². The summed E-state index contributed by atoms with van der Waals surface area (Å²) in [5.41, 5.74) is 2.15. The first-order valence-electron chi connectivity index (χ1n) is 10.3. The van der Waals surface area contributed by atoms with Gasteiger partial charge in [0.2, 0.25) is 5.82 Å². The summed E-state index contributed by atoms with van der Waals surface area (Å²) in [4.78, 5) is 40.4. The van der Waals surface area contributed by atoms with E-state index in [0.717, 1.165) is 5.56 Å². The molecule has 3 aromatic rings. The maximum atomic E-state index is 12.4. The van der Waals surface area contributed by atoms with Crippen molar-refractivity contribution in [1.82, 2.24) is 20.8 Å². The topological polar surface area (TPSA) is 135 Å². The highest BCUT2D eigenvalue weighted by Gasteiger charge is 2.27. The summed E-state index contributed by atoms with van der Waals surface area (Å²) in [5, 5.41) is 11.9. The second-order valence-corrected chi connectivity index (χ2v) is 7.51. The first-order chi connectivity index (χ1) is 15.9. The van der Waals surface area contributed by atoms with Gasteiger partial charge in [-0.2, -0.15) is 4.98 Å². The molecule has 0 spiro atoms. The third kappa shape index (κ3) is 6.39. The smallest absolute Gasteiger partial charge is 0.328 e. The lowest BCUT2D eigenvalue weighted by Gasteiger charge is -2.18. The van der Waals surface area contributed by atoms with E-state index >= 15 is 0 Å². The number of esters is 1. The second kappa shape index (κ2) is 10.9. The highest BCUT2D eigenvalue weighted by Crippen LogP contribution is 2.19. The van der Waals surface area contributed by atoms with Crippen LogP contribution in [0.2, 0.25) is 0 Å². The Morgan fingerprint density at radius 3 is 2.36 bits per heavy atom. The fourth-order valence-electron chi connectivity index (χ4n) is 2.92. The molecule has 0 radical (unpaired) electrons. The lowest BCUT2D eigenvalue weighted by Crippen LogP contribution is -2.45. The predicted molar refractivity (Wildman–Crippen MR) is 120 cm³/mol. The minimum absolute atomic E-state index is 0.186. The lowest BCUT2D eigenvalue weighted by atomic mass is 10.0. The van der Waals surface area contributed by atoms with E-state index in [1.165, 1.54) is 7.11 Å². The normalized spacial score (nSPS) is 11.5. The van der Waals surface area contributed by atoms with E-state index in [4.69, 9.17) is 9.26 Å². The van der Waals surface area contributed by atoms with E-state index in [1.54, 1.807) is 38.1 Å². The number of rotatable bonds is 8. The molecule has 172 valence electrons. The zero-order chi connectivity index (χ0) is 23.8. The molecule has 33 heavy (non-hydrogen) atoms. The number of nitrogens with zero attached hydrogens (tertiary/aromatic N) is 2. The number of anilines is 1. The molecule has 0 saturated carbocycles. The van der Waals surface area contributed by atoms with Crippen molar-refractivity contribution in [2.75, 3.05) is 12.4 Å². The third-order valence-corrected chi connectivity index (χ3v) is 4.73. The number of aromatic nitrogens is 2. The Morgan fingerprint density at radius 2 is 1.73 bits per heavy atom. The molecule has 0 unspecified atom stereocenters. The van der Waals surface area contributed by atoms with E-state index in [9.17, 15) is 14.4 Å². The standard InChI is InChI=1S/C23H25N5O5/c1-14(2)18(22(30)32-3)26-20(29)21-27-19(28-33-21)16-9-11-17(12-10-16)25-23(31)24-13-15-7-5-4-6-8-15/h4-12,14,18H,13H2,1-3H3,(H,26,29)(H2,24,25,31)/t18-/m0/s1. The maximum Gasteiger partial charge on any atom is 0.328 e. The van der Waals surface area contributed by atoms with Gasteiger partial charge in [-0.1, -0.05) is 49.3 Å². The van der Waals surface area contributed by atoms with Crippen LogP contribution >= 0.6 is 0 Å². The fraction of sp³-hybridized carbons (Fsp3) is 0.261. The zero-order valence-electron chi connectivity index (χ0n) is 18.5. The van der Waals surface area contributed by atoms with Gasteiger partial charge >= 0.3 is 23.8 Å². The number of benzene rings is 2. The second-order valence-electron chi connectivity index (χ2n) is 7.51. The maximum absolute atomic E-state index is 12.4. The molecule has 0 aliphatic rings. The van der Waals surface area contributed by atoms with E-state index in [0.29, 0.717) is 17.8 Å². The van der Waals surface area contributed by atoms with Crippen molar-refractivity contribution in [3.05, 3.63) is 66.1 Å². The molecule has 3 N–H and O–H groups in total. The average molecular weight is 451 g/mol. The molecule has 10 heteroatoms. The van der Waals surface area contributed by atoms with Crippen LogP contribution in [-0.2, 0) is 16.1 Å². The minimum atomic E-state index is -0.837. The quantitative estimate of drug-likeness (QED) is 0.448. The Balaban J connectivity index is 1.58. The SMILES string of the molecule is COC(=O)[C@@H](NC(=O)c1nc(-c2ccc(NC(=O)NCc3ccccc3)cc2)no1)C(C)C. The number of carbonyl (C=O) groups excluding carboxylic acids is 3. The van der Waals surface area contributed by atoms with Crippen LogP contribution in [0.3, 0.4) is 0 Å². The van der Waals surface area contributed by atoms with E-state index in [2.05, 4.69) is 26.1 Å². The Labute approximate surface area is 190 Å². The molecule has 1 aromatic heterocycles. The van der Waals surface area contributed by atoms with Crippen molar-refractivity contribution in [3.63, 3.8) is 0 Å². The van der Waals surface area contributed by atoms with Crippen molar-refractivity contribution in [2.45, 2.75) is 26.4 Å². The highest BCUT2D eigenvalue weighted by molar-refractivity contribution is 5.93. The molecule has 0 fully saturated rings. The summed E-state index contributed by atoms with van der Waals surface area (Å²) in [5.74, 6) is -1.50. The molecule has 3 rings (SSSR count). The van der Waals surface area contributed by atoms with Gasteiger partial charge in [-0.25, -0.2) is 9.59 Å². The monoisotopic (exact) mass is 451 g/mol. The first-order valence-corrected chi connectivity index (χ1v) is 10.3. The van der Waals surface area contributed by atoms with Crippen LogP contribution < -0.4 is 16.0 Å². The van der Waals surface area contributed by atoms with Crippen LogP contribution in [0, 0.1) is 5.92 Å². The predicted octanol–water partition coefficient (Wildman–Crippen LogP) is 2.99. The van der Waals surface area contributed by atoms with Crippen LogP contribution in [-0.4, -0.2) is 41.2 Å². The van der Waals surface area contributed by atoms with Gasteiger partial charge in [0.05, 0.1) is 7.11 Å². The zero-order valence-corrected chi connectivity index (χ0v) is 18.5. The number of carbonyl (C=O) groups is 3. The number of hydrogen-bond acceptors (Lipinski definition) is 7. The first kappa shape index (κ1) is 23.5. The van der Waals surface area contributed by atoms with Gasteiger partial charge in [0, 0.05) is 17.8 Å². The van der Waals surface area contributed by atoms with Crippen molar-refractivity contribution < 1.29 is 23.6 Å². The molecule has 0 aliphatic carbocycles. The molecular weight excluding hydrogens is 426 g/mol. The third-order valence-electron chi connectivity index (χ3n) is 4.73. The summed E-state index contributed by atoms with van der Waals surface area (Å²) in [7, 11) is 1.25. The molecular formula is C23H25N5O5. The summed E-state index contributed by atoms with van der Waals surface area (Å²) in [6.07, 6.45) is 0. The number of nitrogens with one attached hydrogen (secondary N) is 3. The minimum Gasteiger partial charge on any atom is -0.467 e. The number of amides is 3. The summed E-state index contributed by atoms with van der Waals surface area (Å²) < 4.78 is 9.75. The summed E-state index contributed by atoms with van der Waals surface area (Å²) in [6.45, 7) is 3.96. The molecule has 2 aromatic carbocycles. The highest BCUT2D eigenvalue weighted by atomic mass is 16.5. The Hall–Kier alpha value is -4.21. The van der Waals surface area contributed by atoms with Gasteiger partial charge in [0.15, 0.2) is 0 Å². The molecule has 10 nitrogen and oxygen atoms in total. The van der Waals surface area contributed by atoms with E-state index in [1.807, 2.05) is 30.3 Å². The number of hydrogen-bond donors (Lipinski definition) is 3. The van der Waals surface area contributed by atoms with E-state index < -0.39 is 17.9 Å². The molecule has 3 amide bonds. The summed E-state index contributed by atoms with van der Waals surface area (Å²) in [6, 6.07) is 15.1. The summed E-state index contributed by atoms with van der Waals surface area (Å²) >= 11 is 0.